The van der Waals surface area contributed by atoms with E-state index < -0.39 is 22.8 Å². The van der Waals surface area contributed by atoms with Gasteiger partial charge in [-0.1, -0.05) is 29.8 Å². The molecule has 0 radical (unpaired) electrons. The molecule has 3 N–H and O–H groups in total. The lowest BCUT2D eigenvalue weighted by Gasteiger charge is -2.13. The van der Waals surface area contributed by atoms with E-state index in [0.29, 0.717) is 16.8 Å². The van der Waals surface area contributed by atoms with Crippen LogP contribution in [0.1, 0.15) is 16.1 Å². The Hall–Kier alpha value is -4.31. The Bertz CT molecular complexity index is 1440. The second kappa shape index (κ2) is 10.1. The topological polar surface area (TPSA) is 92.4 Å². The van der Waals surface area contributed by atoms with Crippen LogP contribution in [0.5, 0.6) is 11.6 Å². The van der Waals surface area contributed by atoms with Crippen molar-refractivity contribution in [2.24, 2.45) is 0 Å². The number of pyridine rings is 1. The zero-order valence-corrected chi connectivity index (χ0v) is 19.4. The summed E-state index contributed by atoms with van der Waals surface area (Å²) < 4.78 is 45.0. The smallest absolute Gasteiger partial charge is 0.417 e. The van der Waals surface area contributed by atoms with Gasteiger partial charge in [-0.25, -0.2) is 9.78 Å². The van der Waals surface area contributed by atoms with Crippen LogP contribution in [0.2, 0.25) is 5.02 Å². The van der Waals surface area contributed by atoms with Crippen LogP contribution in [0.25, 0.3) is 10.8 Å². The van der Waals surface area contributed by atoms with Crippen molar-refractivity contribution in [1.29, 1.82) is 0 Å². The second-order valence-corrected chi connectivity index (χ2v) is 7.92. The van der Waals surface area contributed by atoms with Crippen LogP contribution in [0, 0.1) is 0 Å². The lowest BCUT2D eigenvalue weighted by Crippen LogP contribution is -2.20. The molecule has 184 valence electrons. The van der Waals surface area contributed by atoms with E-state index in [4.69, 9.17) is 16.3 Å². The molecule has 0 spiro atoms. The van der Waals surface area contributed by atoms with Crippen molar-refractivity contribution in [3.05, 3.63) is 89.1 Å². The highest BCUT2D eigenvalue weighted by atomic mass is 35.5. The Morgan fingerprint density at radius 2 is 1.58 bits per heavy atom. The Morgan fingerprint density at radius 3 is 2.28 bits per heavy atom. The van der Waals surface area contributed by atoms with Gasteiger partial charge >= 0.3 is 12.2 Å². The highest BCUT2D eigenvalue weighted by molar-refractivity contribution is 6.31. The average molecular weight is 515 g/mol. The number of ether oxygens (including phenoxy) is 1. The number of carbonyl (C=O) groups excluding carboxylic acids is 2. The molecule has 0 fully saturated rings. The first kappa shape index (κ1) is 24.8. The van der Waals surface area contributed by atoms with Crippen molar-refractivity contribution < 1.29 is 27.5 Å². The Balaban J connectivity index is 1.47. The summed E-state index contributed by atoms with van der Waals surface area (Å²) in [7, 11) is 1.50. The van der Waals surface area contributed by atoms with Gasteiger partial charge in [0.05, 0.1) is 10.6 Å². The Labute approximate surface area is 208 Å². The highest BCUT2D eigenvalue weighted by Gasteiger charge is 2.33. The summed E-state index contributed by atoms with van der Waals surface area (Å²) in [6.45, 7) is 0. The highest BCUT2D eigenvalue weighted by Crippen LogP contribution is 2.36. The van der Waals surface area contributed by atoms with Crippen LogP contribution in [0.3, 0.4) is 0 Å². The van der Waals surface area contributed by atoms with E-state index in [1.165, 1.54) is 13.1 Å². The summed E-state index contributed by atoms with van der Waals surface area (Å²) in [5.41, 5.74) is -0.568. The minimum absolute atomic E-state index is 0.0712. The number of hydrogen-bond donors (Lipinski definition) is 3. The van der Waals surface area contributed by atoms with Crippen molar-refractivity contribution >= 4 is 45.7 Å². The van der Waals surface area contributed by atoms with Gasteiger partial charge in [0.2, 0.25) is 5.88 Å². The number of aromatic nitrogens is 1. The van der Waals surface area contributed by atoms with Crippen molar-refractivity contribution in [1.82, 2.24) is 10.3 Å². The number of nitrogens with zero attached hydrogens (tertiary/aromatic N) is 1. The predicted molar refractivity (Wildman–Crippen MR) is 131 cm³/mol. The number of anilines is 2. The molecule has 0 aliphatic heterocycles. The van der Waals surface area contributed by atoms with Crippen LogP contribution in [-0.2, 0) is 6.18 Å². The third kappa shape index (κ3) is 5.66. The summed E-state index contributed by atoms with van der Waals surface area (Å²) in [5, 5.41) is 8.40. The number of hydrogen-bond acceptors (Lipinski definition) is 4. The first-order valence-electron chi connectivity index (χ1n) is 10.5. The van der Waals surface area contributed by atoms with Gasteiger partial charge in [-0.2, -0.15) is 13.2 Å². The molecule has 0 saturated heterocycles. The fraction of sp³-hybridized carbons (Fsp3) is 0.0800. The molecule has 3 amide bonds. The lowest BCUT2D eigenvalue weighted by molar-refractivity contribution is -0.137. The molecule has 36 heavy (non-hydrogen) atoms. The minimum atomic E-state index is -4.65. The number of rotatable bonds is 5. The monoisotopic (exact) mass is 514 g/mol. The van der Waals surface area contributed by atoms with Gasteiger partial charge in [-0.15, -0.1) is 0 Å². The number of fused-ring (bicyclic) bond motifs is 1. The maximum Gasteiger partial charge on any atom is 0.417 e. The van der Waals surface area contributed by atoms with E-state index in [2.05, 4.69) is 20.9 Å². The average Bonchev–Trinajstić information content (AvgIpc) is 2.85. The van der Waals surface area contributed by atoms with Gasteiger partial charge in [0.1, 0.15) is 11.4 Å². The van der Waals surface area contributed by atoms with Crippen LogP contribution in [0.15, 0.2) is 72.8 Å². The normalized spacial score (nSPS) is 11.1. The van der Waals surface area contributed by atoms with E-state index in [9.17, 15) is 22.8 Å². The van der Waals surface area contributed by atoms with E-state index in [1.807, 2.05) is 24.3 Å². The first-order chi connectivity index (χ1) is 17.1. The second-order valence-electron chi connectivity index (χ2n) is 7.51. The number of urea groups is 1. The third-order valence-electron chi connectivity index (χ3n) is 5.02. The SMILES string of the molecule is CNC(=O)c1cc2ccccc2c(Oc2ccc(NC(=O)Nc3ccc(Cl)c(C(F)(F)F)c3)cc2)n1. The summed E-state index contributed by atoms with van der Waals surface area (Å²) in [5.74, 6) is 0.257. The van der Waals surface area contributed by atoms with Crippen molar-refractivity contribution in [3.63, 3.8) is 0 Å². The summed E-state index contributed by atoms with van der Waals surface area (Å²) in [6, 6.07) is 17.5. The number of halogens is 4. The van der Waals surface area contributed by atoms with Crippen molar-refractivity contribution in [2.75, 3.05) is 17.7 Å². The van der Waals surface area contributed by atoms with Gasteiger partial charge in [0.15, 0.2) is 0 Å². The molecule has 1 heterocycles. The van der Waals surface area contributed by atoms with E-state index >= 15 is 0 Å². The molecule has 0 saturated carbocycles. The van der Waals surface area contributed by atoms with Gasteiger partial charge < -0.3 is 20.7 Å². The molecule has 11 heteroatoms. The molecule has 4 rings (SSSR count). The molecule has 0 aliphatic carbocycles. The van der Waals surface area contributed by atoms with Crippen LogP contribution in [-0.4, -0.2) is 24.0 Å². The Kier molecular flexibility index (Phi) is 6.98. The molecule has 3 aromatic carbocycles. The fourth-order valence-corrected chi connectivity index (χ4v) is 3.55. The molecular formula is C25H18ClF3N4O3. The third-order valence-corrected chi connectivity index (χ3v) is 5.35. The standard InChI is InChI=1S/C25H18ClF3N4O3/c1-30-22(34)21-12-14-4-2-3-5-18(14)23(33-21)36-17-9-6-15(7-10-17)31-24(35)32-16-8-11-20(26)19(13-16)25(27,28)29/h2-13H,1H3,(H,30,34)(H2,31,32,35). The number of nitrogens with one attached hydrogen (secondary N) is 3. The minimum Gasteiger partial charge on any atom is -0.438 e. The first-order valence-corrected chi connectivity index (χ1v) is 10.9. The fourth-order valence-electron chi connectivity index (χ4n) is 3.32. The van der Waals surface area contributed by atoms with E-state index in [0.717, 1.165) is 17.5 Å². The molecule has 1 aromatic heterocycles. The lowest BCUT2D eigenvalue weighted by atomic mass is 10.1. The largest absolute Gasteiger partial charge is 0.438 e. The molecule has 0 aliphatic rings. The molecule has 0 atom stereocenters. The molecule has 0 unspecified atom stereocenters. The van der Waals surface area contributed by atoms with Crippen LogP contribution < -0.4 is 20.7 Å². The summed E-state index contributed by atoms with van der Waals surface area (Å²) in [6.07, 6.45) is -4.65. The van der Waals surface area contributed by atoms with E-state index in [-0.39, 0.29) is 23.2 Å². The van der Waals surface area contributed by atoms with Gasteiger partial charge in [0.25, 0.3) is 5.91 Å². The summed E-state index contributed by atoms with van der Waals surface area (Å²) in [4.78, 5) is 28.7. The zero-order valence-electron chi connectivity index (χ0n) is 18.6. The van der Waals surface area contributed by atoms with Crippen molar-refractivity contribution in [2.45, 2.75) is 6.18 Å². The Morgan fingerprint density at radius 1 is 0.917 bits per heavy atom. The van der Waals surface area contributed by atoms with Gasteiger partial charge in [-0.05, 0) is 60.0 Å². The number of carbonyl (C=O) groups is 2. The molecular weight excluding hydrogens is 497 g/mol. The molecule has 7 nitrogen and oxygen atoms in total. The number of amides is 3. The molecule has 0 bridgehead atoms. The van der Waals surface area contributed by atoms with Crippen LogP contribution >= 0.6 is 11.6 Å². The molecule has 4 aromatic rings. The zero-order chi connectivity index (χ0) is 25.9. The van der Waals surface area contributed by atoms with Crippen molar-refractivity contribution in [3.8, 4) is 11.6 Å². The summed E-state index contributed by atoms with van der Waals surface area (Å²) >= 11 is 5.60. The predicted octanol–water partition coefficient (Wildman–Crippen LogP) is 6.70. The van der Waals surface area contributed by atoms with Crippen LogP contribution in [0.4, 0.5) is 29.3 Å². The maximum absolute atomic E-state index is 13.0. The quantitative estimate of drug-likeness (QED) is 0.276. The maximum atomic E-state index is 13.0. The number of alkyl halides is 3. The van der Waals surface area contributed by atoms with E-state index in [1.54, 1.807) is 30.3 Å². The number of benzene rings is 3. The van der Waals surface area contributed by atoms with Gasteiger partial charge in [-0.3, -0.25) is 4.79 Å². The van der Waals surface area contributed by atoms with Gasteiger partial charge in [0, 0.05) is 23.8 Å².